The van der Waals surface area contributed by atoms with Gasteiger partial charge in [-0.25, -0.2) is 4.98 Å². The molecule has 0 aliphatic carbocycles. The number of anilines is 1. The van der Waals surface area contributed by atoms with Crippen molar-refractivity contribution in [3.63, 3.8) is 0 Å². The van der Waals surface area contributed by atoms with E-state index in [9.17, 15) is 0 Å². The molecule has 1 aliphatic heterocycles. The van der Waals surface area contributed by atoms with Crippen LogP contribution >= 0.6 is 0 Å². The van der Waals surface area contributed by atoms with Crippen LogP contribution in [0.15, 0.2) is 54.3 Å². The molecule has 0 fully saturated rings. The van der Waals surface area contributed by atoms with Crippen molar-refractivity contribution in [2.24, 2.45) is 0 Å². The van der Waals surface area contributed by atoms with Crippen molar-refractivity contribution in [3.05, 3.63) is 65.6 Å². The molecule has 1 aliphatic rings. The second-order valence-corrected chi connectivity index (χ2v) is 5.07. The molecule has 1 aromatic carbocycles. The molecule has 0 spiro atoms. The summed E-state index contributed by atoms with van der Waals surface area (Å²) in [4.78, 5) is 9.86. The summed E-state index contributed by atoms with van der Waals surface area (Å²) in [7, 11) is 0. The van der Waals surface area contributed by atoms with Crippen LogP contribution in [-0.2, 0) is 0 Å². The smallest absolute Gasteiger partial charge is 0.126 e. The lowest BCUT2D eigenvalue weighted by atomic mass is 10.1. The fourth-order valence-electron chi connectivity index (χ4n) is 2.39. The lowest BCUT2D eigenvalue weighted by molar-refractivity contribution is 0.789. The lowest BCUT2D eigenvalue weighted by Gasteiger charge is -2.25. The van der Waals surface area contributed by atoms with E-state index in [1.165, 1.54) is 11.1 Å². The van der Waals surface area contributed by atoms with E-state index in [1.807, 2.05) is 19.2 Å². The van der Waals surface area contributed by atoms with E-state index < -0.39 is 0 Å². The van der Waals surface area contributed by atoms with E-state index >= 15 is 0 Å². The fraction of sp³-hybridized carbons (Fsp3) is 0.235. The molecule has 1 aromatic heterocycles. The molecular formula is C17H19N3. The van der Waals surface area contributed by atoms with E-state index in [4.69, 9.17) is 0 Å². The zero-order valence-corrected chi connectivity index (χ0v) is 11.7. The SMILES string of the molecule is Cc1ncc(N2CC=C(C=Cc3ccccc3)CC2)[nH]1. The molecule has 2 aromatic rings. The molecule has 0 unspecified atom stereocenters. The Morgan fingerprint density at radius 1 is 1.20 bits per heavy atom. The van der Waals surface area contributed by atoms with Gasteiger partial charge in [-0.1, -0.05) is 48.6 Å². The predicted molar refractivity (Wildman–Crippen MR) is 83.7 cm³/mol. The minimum atomic E-state index is 0.941. The summed E-state index contributed by atoms with van der Waals surface area (Å²) in [6.07, 6.45) is 9.68. The Kier molecular flexibility index (Phi) is 3.68. The van der Waals surface area contributed by atoms with Crippen molar-refractivity contribution in [2.45, 2.75) is 13.3 Å². The number of hydrogen-bond acceptors (Lipinski definition) is 2. The minimum absolute atomic E-state index is 0.941. The van der Waals surface area contributed by atoms with Crippen molar-refractivity contribution in [1.82, 2.24) is 9.97 Å². The van der Waals surface area contributed by atoms with Gasteiger partial charge < -0.3 is 9.88 Å². The molecule has 0 radical (unpaired) electrons. The first-order chi connectivity index (χ1) is 9.81. The number of aryl methyl sites for hydroxylation is 1. The van der Waals surface area contributed by atoms with Crippen molar-refractivity contribution in [1.29, 1.82) is 0 Å². The second kappa shape index (κ2) is 5.78. The van der Waals surface area contributed by atoms with Gasteiger partial charge in [-0.15, -0.1) is 0 Å². The zero-order valence-electron chi connectivity index (χ0n) is 11.7. The van der Waals surface area contributed by atoms with Crippen LogP contribution in [0.1, 0.15) is 17.8 Å². The Morgan fingerprint density at radius 3 is 2.70 bits per heavy atom. The van der Waals surface area contributed by atoms with Crippen molar-refractivity contribution in [3.8, 4) is 0 Å². The first-order valence-corrected chi connectivity index (χ1v) is 7.00. The Bertz CT molecular complexity index is 623. The molecule has 1 N–H and O–H groups in total. The van der Waals surface area contributed by atoms with E-state index in [2.05, 4.69) is 57.4 Å². The minimum Gasteiger partial charge on any atom is -0.353 e. The van der Waals surface area contributed by atoms with E-state index in [0.29, 0.717) is 0 Å². The topological polar surface area (TPSA) is 31.9 Å². The molecule has 0 saturated carbocycles. The number of benzene rings is 1. The second-order valence-electron chi connectivity index (χ2n) is 5.07. The molecule has 3 nitrogen and oxygen atoms in total. The van der Waals surface area contributed by atoms with Gasteiger partial charge in [0, 0.05) is 13.1 Å². The summed E-state index contributed by atoms with van der Waals surface area (Å²) in [5, 5.41) is 0. The summed E-state index contributed by atoms with van der Waals surface area (Å²) in [6, 6.07) is 10.4. The average molecular weight is 265 g/mol. The van der Waals surface area contributed by atoms with Crippen LogP contribution in [0.3, 0.4) is 0 Å². The van der Waals surface area contributed by atoms with Crippen LogP contribution < -0.4 is 4.90 Å². The largest absolute Gasteiger partial charge is 0.353 e. The van der Waals surface area contributed by atoms with Crippen molar-refractivity contribution >= 4 is 11.9 Å². The quantitative estimate of drug-likeness (QED) is 0.920. The van der Waals surface area contributed by atoms with E-state index in [0.717, 1.165) is 31.2 Å². The van der Waals surface area contributed by atoms with E-state index in [-0.39, 0.29) is 0 Å². The highest BCUT2D eigenvalue weighted by Gasteiger charge is 2.12. The molecule has 0 amide bonds. The Hall–Kier alpha value is -2.29. The van der Waals surface area contributed by atoms with Gasteiger partial charge in [0.2, 0.25) is 0 Å². The first-order valence-electron chi connectivity index (χ1n) is 7.00. The molecule has 20 heavy (non-hydrogen) atoms. The summed E-state index contributed by atoms with van der Waals surface area (Å²) < 4.78 is 0. The normalized spacial score (nSPS) is 15.7. The number of rotatable bonds is 3. The van der Waals surface area contributed by atoms with Crippen LogP contribution in [0, 0.1) is 6.92 Å². The Morgan fingerprint density at radius 2 is 2.05 bits per heavy atom. The number of allylic oxidation sites excluding steroid dienone is 1. The number of nitrogens with one attached hydrogen (secondary N) is 1. The molecule has 3 heteroatoms. The summed E-state index contributed by atoms with van der Waals surface area (Å²) >= 11 is 0. The molecule has 3 rings (SSSR count). The monoisotopic (exact) mass is 265 g/mol. The van der Waals surface area contributed by atoms with Gasteiger partial charge in [0.1, 0.15) is 11.6 Å². The highest BCUT2D eigenvalue weighted by Crippen LogP contribution is 2.19. The Balaban J connectivity index is 1.64. The van der Waals surface area contributed by atoms with Crippen molar-refractivity contribution < 1.29 is 0 Å². The fourth-order valence-corrected chi connectivity index (χ4v) is 2.39. The number of hydrogen-bond donors (Lipinski definition) is 1. The number of aromatic nitrogens is 2. The van der Waals surface area contributed by atoms with Gasteiger partial charge in [-0.3, -0.25) is 0 Å². The van der Waals surface area contributed by atoms with Gasteiger partial charge >= 0.3 is 0 Å². The van der Waals surface area contributed by atoms with Crippen molar-refractivity contribution in [2.75, 3.05) is 18.0 Å². The molecular weight excluding hydrogens is 246 g/mol. The van der Waals surface area contributed by atoms with Gasteiger partial charge in [-0.05, 0) is 24.5 Å². The van der Waals surface area contributed by atoms with Gasteiger partial charge in [0.15, 0.2) is 0 Å². The molecule has 0 saturated heterocycles. The zero-order chi connectivity index (χ0) is 13.8. The Labute approximate surface area is 119 Å². The summed E-state index contributed by atoms with van der Waals surface area (Å²) in [5.41, 5.74) is 2.65. The van der Waals surface area contributed by atoms with Gasteiger partial charge in [0.25, 0.3) is 0 Å². The standard InChI is InChI=1S/C17H19N3/c1-14-18-13-17(19-14)20-11-9-16(10-12-20)8-7-15-5-3-2-4-6-15/h2-9,13H,10-12H2,1H3,(H,18,19). The number of H-pyrrole nitrogens is 1. The van der Waals surface area contributed by atoms with Crippen LogP contribution in [0.25, 0.3) is 6.08 Å². The van der Waals surface area contributed by atoms with Gasteiger partial charge in [-0.2, -0.15) is 0 Å². The number of aromatic amines is 1. The molecule has 0 bridgehead atoms. The average Bonchev–Trinajstić information content (AvgIpc) is 2.93. The van der Waals surface area contributed by atoms with Crippen LogP contribution in [-0.4, -0.2) is 23.1 Å². The molecule has 0 atom stereocenters. The highest BCUT2D eigenvalue weighted by atomic mass is 15.2. The first kappa shape index (κ1) is 12.7. The third kappa shape index (κ3) is 2.99. The predicted octanol–water partition coefficient (Wildman–Crippen LogP) is 3.57. The number of imidazole rings is 1. The lowest BCUT2D eigenvalue weighted by Crippen LogP contribution is -2.28. The molecule has 2 heterocycles. The summed E-state index contributed by atoms with van der Waals surface area (Å²) in [5.74, 6) is 2.09. The maximum Gasteiger partial charge on any atom is 0.126 e. The summed E-state index contributed by atoms with van der Waals surface area (Å²) in [6.45, 7) is 3.96. The van der Waals surface area contributed by atoms with Crippen LogP contribution in [0.2, 0.25) is 0 Å². The highest BCUT2D eigenvalue weighted by molar-refractivity contribution is 5.53. The maximum absolute atomic E-state index is 4.25. The van der Waals surface area contributed by atoms with E-state index in [1.54, 1.807) is 0 Å². The third-order valence-electron chi connectivity index (χ3n) is 3.56. The number of nitrogens with zero attached hydrogens (tertiary/aromatic N) is 2. The van der Waals surface area contributed by atoms with Gasteiger partial charge in [0.05, 0.1) is 6.20 Å². The third-order valence-corrected chi connectivity index (χ3v) is 3.56. The van der Waals surface area contributed by atoms with Crippen LogP contribution in [0.4, 0.5) is 5.82 Å². The molecule has 102 valence electrons. The maximum atomic E-state index is 4.25. The van der Waals surface area contributed by atoms with Crippen LogP contribution in [0.5, 0.6) is 0 Å².